The molecule has 1 N–H and O–H groups in total. The van der Waals surface area contributed by atoms with E-state index in [0.717, 1.165) is 43.2 Å². The van der Waals surface area contributed by atoms with E-state index in [4.69, 9.17) is 11.6 Å². The van der Waals surface area contributed by atoms with E-state index >= 15 is 0 Å². The highest BCUT2D eigenvalue weighted by Crippen LogP contribution is 2.19. The van der Waals surface area contributed by atoms with Crippen molar-refractivity contribution >= 4 is 17.3 Å². The summed E-state index contributed by atoms with van der Waals surface area (Å²) >= 11 is 5.91. The molecule has 1 fully saturated rings. The van der Waals surface area contributed by atoms with Crippen LogP contribution < -0.4 is 5.32 Å². The first-order valence-corrected chi connectivity index (χ1v) is 8.06. The van der Waals surface area contributed by atoms with Crippen LogP contribution in [-0.4, -0.2) is 24.0 Å². The average molecular weight is 319 g/mol. The van der Waals surface area contributed by atoms with Crippen LogP contribution in [0, 0.1) is 5.82 Å². The quantitative estimate of drug-likeness (QED) is 0.889. The number of hydrogen-bond donors (Lipinski definition) is 1. The Morgan fingerprint density at radius 3 is 2.50 bits per heavy atom. The molecule has 0 aromatic heterocycles. The van der Waals surface area contributed by atoms with Gasteiger partial charge in [-0.05, 0) is 48.7 Å². The van der Waals surface area contributed by atoms with Gasteiger partial charge in [0.25, 0.3) is 0 Å². The molecule has 0 atom stereocenters. The molecule has 0 aliphatic carbocycles. The van der Waals surface area contributed by atoms with Crippen LogP contribution in [0.1, 0.15) is 18.4 Å². The Hall–Kier alpha value is -1.58. The molecule has 1 aliphatic heterocycles. The van der Waals surface area contributed by atoms with Crippen LogP contribution in [0.25, 0.3) is 0 Å². The van der Waals surface area contributed by atoms with E-state index in [2.05, 4.69) is 22.3 Å². The van der Waals surface area contributed by atoms with E-state index in [9.17, 15) is 4.39 Å². The molecule has 116 valence electrons. The van der Waals surface area contributed by atoms with Gasteiger partial charge in [-0.25, -0.2) is 4.39 Å². The number of anilines is 1. The lowest BCUT2D eigenvalue weighted by molar-refractivity contribution is 0.211. The number of hydrogen-bond acceptors (Lipinski definition) is 2. The third-order valence-corrected chi connectivity index (χ3v) is 4.35. The molecule has 0 amide bonds. The summed E-state index contributed by atoms with van der Waals surface area (Å²) < 4.78 is 13.2. The molecule has 4 heteroatoms. The van der Waals surface area contributed by atoms with E-state index in [1.165, 1.54) is 11.6 Å². The summed E-state index contributed by atoms with van der Waals surface area (Å²) in [5.41, 5.74) is 2.16. The predicted octanol–water partition coefficient (Wildman–Crippen LogP) is 4.56. The molecule has 2 aromatic carbocycles. The molecule has 1 heterocycles. The largest absolute Gasteiger partial charge is 0.382 e. The van der Waals surface area contributed by atoms with Crippen LogP contribution in [0.4, 0.5) is 10.1 Å². The molecule has 1 saturated heterocycles. The predicted molar refractivity (Wildman–Crippen MR) is 89.8 cm³/mol. The summed E-state index contributed by atoms with van der Waals surface area (Å²) in [5.74, 6) is -0.190. The first kappa shape index (κ1) is 15.3. The summed E-state index contributed by atoms with van der Waals surface area (Å²) in [6, 6.07) is 15.2. The van der Waals surface area contributed by atoms with Gasteiger partial charge in [0.15, 0.2) is 0 Å². The average Bonchev–Trinajstić information content (AvgIpc) is 2.52. The maximum absolute atomic E-state index is 13.2. The number of likely N-dealkylation sites (tertiary alicyclic amines) is 1. The molecule has 0 unspecified atom stereocenters. The minimum absolute atomic E-state index is 0.190. The lowest BCUT2D eigenvalue weighted by Gasteiger charge is -2.33. The van der Waals surface area contributed by atoms with Gasteiger partial charge in [-0.15, -0.1) is 0 Å². The van der Waals surface area contributed by atoms with Crippen molar-refractivity contribution in [1.82, 2.24) is 4.90 Å². The number of nitrogens with zero attached hydrogens (tertiary/aromatic N) is 1. The number of piperidine rings is 1. The molecule has 22 heavy (non-hydrogen) atoms. The van der Waals surface area contributed by atoms with Crippen molar-refractivity contribution < 1.29 is 4.39 Å². The summed E-state index contributed by atoms with van der Waals surface area (Å²) in [6.45, 7) is 3.06. The van der Waals surface area contributed by atoms with Gasteiger partial charge < -0.3 is 5.32 Å². The van der Waals surface area contributed by atoms with Crippen LogP contribution in [0.15, 0.2) is 48.5 Å². The van der Waals surface area contributed by atoms with Gasteiger partial charge >= 0.3 is 0 Å². The third kappa shape index (κ3) is 4.21. The number of rotatable bonds is 4. The van der Waals surface area contributed by atoms with Crippen LogP contribution in [0.5, 0.6) is 0 Å². The second-order valence-electron chi connectivity index (χ2n) is 5.83. The Bertz CT molecular complexity index is 607. The van der Waals surface area contributed by atoms with E-state index in [-0.39, 0.29) is 5.82 Å². The van der Waals surface area contributed by atoms with Crippen LogP contribution in [0.3, 0.4) is 0 Å². The molecule has 2 nitrogen and oxygen atoms in total. The number of benzene rings is 2. The lowest BCUT2D eigenvalue weighted by atomic mass is 10.0. The maximum Gasteiger partial charge on any atom is 0.125 e. The topological polar surface area (TPSA) is 15.3 Å². The van der Waals surface area contributed by atoms with Crippen molar-refractivity contribution in [3.05, 3.63) is 64.9 Å². The molecular formula is C18H20ClFN2. The van der Waals surface area contributed by atoms with Crippen molar-refractivity contribution in [3.8, 4) is 0 Å². The van der Waals surface area contributed by atoms with Crippen LogP contribution in [0.2, 0.25) is 5.02 Å². The maximum atomic E-state index is 13.2. The first-order valence-electron chi connectivity index (χ1n) is 7.68. The summed E-state index contributed by atoms with van der Waals surface area (Å²) in [7, 11) is 0. The first-order chi connectivity index (χ1) is 10.7. The highest BCUT2D eigenvalue weighted by Gasteiger charge is 2.19. The van der Waals surface area contributed by atoms with Crippen LogP contribution in [-0.2, 0) is 6.54 Å². The Balaban J connectivity index is 1.49. The second-order valence-corrected chi connectivity index (χ2v) is 6.27. The normalized spacial score (nSPS) is 16.6. The third-order valence-electron chi connectivity index (χ3n) is 4.10. The fourth-order valence-electron chi connectivity index (χ4n) is 2.90. The molecular weight excluding hydrogens is 299 g/mol. The summed E-state index contributed by atoms with van der Waals surface area (Å²) in [6.07, 6.45) is 2.15. The zero-order valence-corrected chi connectivity index (χ0v) is 13.2. The van der Waals surface area contributed by atoms with Crippen molar-refractivity contribution in [3.63, 3.8) is 0 Å². The summed E-state index contributed by atoms with van der Waals surface area (Å²) in [4.78, 5) is 2.45. The molecule has 0 bridgehead atoms. The molecule has 0 radical (unpaired) electrons. The zero-order valence-electron chi connectivity index (χ0n) is 12.4. The van der Waals surface area contributed by atoms with Crippen molar-refractivity contribution in [2.24, 2.45) is 0 Å². The lowest BCUT2D eigenvalue weighted by Crippen LogP contribution is -2.38. The van der Waals surface area contributed by atoms with Gasteiger partial charge in [0.2, 0.25) is 0 Å². The van der Waals surface area contributed by atoms with Crippen molar-refractivity contribution in [1.29, 1.82) is 0 Å². The molecule has 2 aromatic rings. The zero-order chi connectivity index (χ0) is 15.4. The standard InChI is InChI=1S/C18H20ClFN2/c19-15-6-4-14(5-7-15)13-22-10-8-17(9-11-22)21-18-3-1-2-16(20)12-18/h1-7,12,17,21H,8-11,13H2. The van der Waals surface area contributed by atoms with Gasteiger partial charge in [0, 0.05) is 36.4 Å². The summed E-state index contributed by atoms with van der Waals surface area (Å²) in [5, 5.41) is 4.21. The second kappa shape index (κ2) is 7.12. The van der Waals surface area contributed by atoms with E-state index < -0.39 is 0 Å². The smallest absolute Gasteiger partial charge is 0.125 e. The van der Waals surface area contributed by atoms with E-state index in [0.29, 0.717) is 6.04 Å². The van der Waals surface area contributed by atoms with Gasteiger partial charge in [0.05, 0.1) is 0 Å². The van der Waals surface area contributed by atoms with Gasteiger partial charge in [0.1, 0.15) is 5.82 Å². The highest BCUT2D eigenvalue weighted by molar-refractivity contribution is 6.30. The Kier molecular flexibility index (Phi) is 4.96. The fraction of sp³-hybridized carbons (Fsp3) is 0.333. The van der Waals surface area contributed by atoms with Crippen LogP contribution >= 0.6 is 11.6 Å². The minimum Gasteiger partial charge on any atom is -0.382 e. The Labute approximate surface area is 135 Å². The van der Waals surface area contributed by atoms with E-state index in [1.807, 2.05) is 18.2 Å². The SMILES string of the molecule is Fc1cccc(NC2CCN(Cc3ccc(Cl)cc3)CC2)c1. The fourth-order valence-corrected chi connectivity index (χ4v) is 3.02. The number of nitrogens with one attached hydrogen (secondary N) is 1. The number of halogens is 2. The van der Waals surface area contributed by atoms with Gasteiger partial charge in [-0.1, -0.05) is 29.8 Å². The Morgan fingerprint density at radius 2 is 1.82 bits per heavy atom. The molecule has 0 spiro atoms. The minimum atomic E-state index is -0.190. The Morgan fingerprint density at radius 1 is 1.09 bits per heavy atom. The highest BCUT2D eigenvalue weighted by atomic mass is 35.5. The van der Waals surface area contributed by atoms with Crippen molar-refractivity contribution in [2.45, 2.75) is 25.4 Å². The molecule has 3 rings (SSSR count). The van der Waals surface area contributed by atoms with Gasteiger partial charge in [-0.3, -0.25) is 4.90 Å². The monoisotopic (exact) mass is 318 g/mol. The van der Waals surface area contributed by atoms with Gasteiger partial charge in [-0.2, -0.15) is 0 Å². The van der Waals surface area contributed by atoms with Crippen molar-refractivity contribution in [2.75, 3.05) is 18.4 Å². The molecule has 0 saturated carbocycles. The molecule has 1 aliphatic rings. The van der Waals surface area contributed by atoms with E-state index in [1.54, 1.807) is 12.1 Å².